The van der Waals surface area contributed by atoms with Crippen molar-refractivity contribution < 1.29 is 44.3 Å². The maximum atomic E-state index is 15.7. The number of nitrogens with zero attached hydrogens (tertiary/aromatic N) is 4. The first-order chi connectivity index (χ1) is 29.6. The Balaban J connectivity index is 0.935. The van der Waals surface area contributed by atoms with Crippen LogP contribution in [0.5, 0.6) is 0 Å². The van der Waals surface area contributed by atoms with Crippen molar-refractivity contribution in [2.24, 2.45) is 17.8 Å². The molecule has 0 spiro atoms. The Labute approximate surface area is 359 Å². The minimum Gasteiger partial charge on any atom is -0.453 e. The number of carbonyl (C=O) groups excluding carboxylic acids is 2. The van der Waals surface area contributed by atoms with Crippen molar-refractivity contribution in [3.63, 3.8) is 0 Å². The summed E-state index contributed by atoms with van der Waals surface area (Å²) in [4.78, 5) is 32.9. The lowest BCUT2D eigenvalue weighted by Gasteiger charge is -2.52. The van der Waals surface area contributed by atoms with E-state index in [2.05, 4.69) is 26.2 Å². The van der Waals surface area contributed by atoms with Crippen LogP contribution in [0.25, 0.3) is 0 Å². The van der Waals surface area contributed by atoms with Crippen LogP contribution < -0.4 is 15.5 Å². The molecule has 3 aromatic carbocycles. The third-order valence-electron chi connectivity index (χ3n) is 12.9. The lowest BCUT2D eigenvalue weighted by Crippen LogP contribution is -2.58. The summed E-state index contributed by atoms with van der Waals surface area (Å²) in [5.74, 6) is -2.02. The molecule has 330 valence electrons. The maximum Gasteiger partial charge on any atom is 0.407 e. The first kappa shape index (κ1) is 43.4. The summed E-state index contributed by atoms with van der Waals surface area (Å²) in [6.45, 7) is 2.80. The molecule has 2 amide bonds. The third-order valence-corrected chi connectivity index (χ3v) is 15.3. The van der Waals surface area contributed by atoms with Gasteiger partial charge in [0.25, 0.3) is 5.91 Å². The number of anilines is 1. The Kier molecular flexibility index (Phi) is 12.0. The smallest absolute Gasteiger partial charge is 0.407 e. The molecule has 3 fully saturated rings. The Bertz CT molecular complexity index is 2600. The molecule has 1 unspecified atom stereocenters. The van der Waals surface area contributed by atoms with Gasteiger partial charge in [-0.05, 0) is 98.3 Å². The number of ether oxygens (including phenoxy) is 1. The van der Waals surface area contributed by atoms with Crippen LogP contribution in [0.15, 0.2) is 88.3 Å². The van der Waals surface area contributed by atoms with E-state index in [4.69, 9.17) is 9.72 Å². The molecule has 0 radical (unpaired) electrons. The minimum absolute atomic E-state index is 0.0379. The third kappa shape index (κ3) is 8.48. The maximum absolute atomic E-state index is 15.7. The number of rotatable bonds is 12. The molecule has 3 atom stereocenters. The highest BCUT2D eigenvalue weighted by molar-refractivity contribution is 7.93. The highest BCUT2D eigenvalue weighted by Crippen LogP contribution is 2.53. The average Bonchev–Trinajstić information content (AvgIpc) is 3.86. The number of likely N-dealkylation sites (tertiary alicyclic amines) is 1. The van der Waals surface area contributed by atoms with Gasteiger partial charge in [-0.2, -0.15) is 0 Å². The molecule has 1 aromatic heterocycles. The van der Waals surface area contributed by atoms with E-state index in [0.29, 0.717) is 26.1 Å². The van der Waals surface area contributed by atoms with Crippen molar-refractivity contribution >= 4 is 37.4 Å². The van der Waals surface area contributed by atoms with Crippen LogP contribution in [-0.4, -0.2) is 102 Å². The van der Waals surface area contributed by atoms with Crippen molar-refractivity contribution in [1.82, 2.24) is 25.1 Å². The number of piperidine rings is 1. The molecule has 1 saturated carbocycles. The van der Waals surface area contributed by atoms with E-state index < -0.39 is 53.7 Å². The molecule has 4 aliphatic rings. The van der Waals surface area contributed by atoms with Gasteiger partial charge in [0.1, 0.15) is 17.3 Å². The van der Waals surface area contributed by atoms with Crippen molar-refractivity contribution in [2.45, 2.75) is 59.9 Å². The number of fused-ring (bicyclic) bond motifs is 3. The SMILES string of the molecule is COC(=O)N[C@H]1CCC[C@@H]1C1(C2CCN(CC3CN(c4c(F)cc(S(=O)(=O)c5cccc(C(=O)NC/C=C/S(C)(=O)=O)c5)cc4F)C3)CC2)c2cc(F)cc(c2)Cc2nccn21. The molecular formula is C44H49F3N6O7S2. The molecule has 8 rings (SSSR count). The second-order valence-corrected chi connectivity index (χ2v) is 20.7. The van der Waals surface area contributed by atoms with E-state index in [1.54, 1.807) is 23.2 Å². The van der Waals surface area contributed by atoms with E-state index in [1.807, 2.05) is 6.20 Å². The van der Waals surface area contributed by atoms with Gasteiger partial charge >= 0.3 is 6.09 Å². The van der Waals surface area contributed by atoms with E-state index in [0.717, 1.165) is 92.0 Å². The number of alkyl carbamates (subject to hydrolysis) is 1. The van der Waals surface area contributed by atoms with E-state index in [-0.39, 0.29) is 52.3 Å². The Hall–Kier alpha value is -5.20. The fourth-order valence-corrected chi connectivity index (χ4v) is 12.1. The molecular weight excluding hydrogens is 846 g/mol. The van der Waals surface area contributed by atoms with Gasteiger partial charge in [0.2, 0.25) is 9.84 Å². The lowest BCUT2D eigenvalue weighted by molar-refractivity contribution is 0.0460. The standard InChI is InChI=1S/C44H49F3N6O7S2/c1-60-43(55)50-39-9-4-8-36(39)44(32-18-28(19-33(45)22-32)20-40-48-13-16-53(40)44)31-10-14-51(15-11-31)25-29-26-52(27-29)41-37(46)23-35(24-38(41)47)62(58,59)34-7-3-6-30(21-34)42(54)49-12-5-17-61(2,56)57/h3,5-7,13,16-19,21-24,29,31,36,39H,4,8-12,14-15,20,25-27H2,1-2H3,(H,49,54)(H,50,55)/b17-5+/t36-,39-,44?/m0/s1. The summed E-state index contributed by atoms with van der Waals surface area (Å²) >= 11 is 0. The number of benzene rings is 3. The number of amides is 2. The van der Waals surface area contributed by atoms with Gasteiger partial charge in [-0.3, -0.25) is 4.79 Å². The first-order valence-corrected chi connectivity index (χ1v) is 24.1. The summed E-state index contributed by atoms with van der Waals surface area (Å²) in [7, 11) is -6.48. The molecule has 1 aliphatic carbocycles. The van der Waals surface area contributed by atoms with Crippen molar-refractivity contribution in [2.75, 3.05) is 57.5 Å². The Morgan fingerprint density at radius 2 is 1.69 bits per heavy atom. The number of hydrogen-bond acceptors (Lipinski definition) is 10. The van der Waals surface area contributed by atoms with Crippen molar-refractivity contribution in [3.8, 4) is 0 Å². The fourth-order valence-electron chi connectivity index (χ4n) is 10.3. The zero-order valence-corrected chi connectivity index (χ0v) is 36.0. The molecule has 13 nitrogen and oxygen atoms in total. The molecule has 2 bridgehead atoms. The highest BCUT2D eigenvalue weighted by Gasteiger charge is 2.55. The Morgan fingerprint density at radius 3 is 2.40 bits per heavy atom. The Morgan fingerprint density at radius 1 is 0.952 bits per heavy atom. The molecule has 4 aromatic rings. The highest BCUT2D eigenvalue weighted by atomic mass is 32.2. The van der Waals surface area contributed by atoms with Crippen LogP contribution in [0.1, 0.15) is 59.4 Å². The summed E-state index contributed by atoms with van der Waals surface area (Å²) in [6.07, 6.45) is 10.1. The molecule has 3 aliphatic heterocycles. The molecule has 2 N–H and O–H groups in total. The van der Waals surface area contributed by atoms with Crippen LogP contribution in [0.3, 0.4) is 0 Å². The number of sulfone groups is 2. The van der Waals surface area contributed by atoms with Gasteiger partial charge in [-0.1, -0.05) is 24.6 Å². The summed E-state index contributed by atoms with van der Waals surface area (Å²) in [5, 5.41) is 6.50. The number of imidazole rings is 1. The van der Waals surface area contributed by atoms with Crippen LogP contribution in [0.4, 0.5) is 23.7 Å². The molecule has 2 saturated heterocycles. The normalized spacial score (nSPS) is 22.2. The second-order valence-electron chi connectivity index (χ2n) is 16.9. The zero-order valence-electron chi connectivity index (χ0n) is 34.4. The number of carbonyl (C=O) groups is 2. The van der Waals surface area contributed by atoms with Gasteiger partial charge in [-0.15, -0.1) is 0 Å². The summed E-state index contributed by atoms with van der Waals surface area (Å²) in [5.41, 5.74) is 0.727. The van der Waals surface area contributed by atoms with Crippen LogP contribution in [0, 0.1) is 35.2 Å². The minimum atomic E-state index is -4.44. The van der Waals surface area contributed by atoms with Gasteiger partial charge in [0.15, 0.2) is 21.5 Å². The van der Waals surface area contributed by atoms with Gasteiger partial charge in [0, 0.05) is 80.1 Å². The monoisotopic (exact) mass is 894 g/mol. The van der Waals surface area contributed by atoms with Crippen LogP contribution >= 0.6 is 0 Å². The summed E-state index contributed by atoms with van der Waals surface area (Å²) < 4.78 is 104. The quantitative estimate of drug-likeness (QED) is 0.188. The van der Waals surface area contributed by atoms with E-state index in [1.165, 1.54) is 31.4 Å². The van der Waals surface area contributed by atoms with Gasteiger partial charge in [0.05, 0.1) is 22.4 Å². The largest absolute Gasteiger partial charge is 0.453 e. The number of nitrogens with one attached hydrogen (secondary N) is 2. The summed E-state index contributed by atoms with van der Waals surface area (Å²) in [6, 6.07) is 11.7. The lowest BCUT2D eigenvalue weighted by atomic mass is 9.64. The number of aromatic nitrogens is 2. The molecule has 4 heterocycles. The van der Waals surface area contributed by atoms with E-state index in [9.17, 15) is 26.4 Å². The molecule has 62 heavy (non-hydrogen) atoms. The first-order valence-electron chi connectivity index (χ1n) is 20.7. The van der Waals surface area contributed by atoms with Gasteiger partial charge < -0.3 is 29.7 Å². The topological polar surface area (TPSA) is 160 Å². The van der Waals surface area contributed by atoms with Gasteiger partial charge in [-0.25, -0.2) is 39.8 Å². The second kappa shape index (κ2) is 17.2. The van der Waals surface area contributed by atoms with Crippen LogP contribution in [0.2, 0.25) is 0 Å². The molecule has 18 heteroatoms. The fraction of sp³-hybridized carbons (Fsp3) is 0.432. The number of hydrogen-bond donors (Lipinski definition) is 2. The van der Waals surface area contributed by atoms with Crippen LogP contribution in [-0.2, 0) is 36.4 Å². The van der Waals surface area contributed by atoms with Crippen molar-refractivity contribution in [3.05, 3.63) is 118 Å². The zero-order chi connectivity index (χ0) is 44.0. The number of halogens is 3. The predicted molar refractivity (Wildman–Crippen MR) is 225 cm³/mol. The predicted octanol–water partition coefficient (Wildman–Crippen LogP) is 5.44. The van der Waals surface area contributed by atoms with E-state index >= 15 is 13.2 Å². The van der Waals surface area contributed by atoms with Crippen molar-refractivity contribution in [1.29, 1.82) is 0 Å². The number of methoxy groups -OCH3 is 1. The average molecular weight is 895 g/mol.